The maximum atomic E-state index is 11.2. The molecule has 0 amide bonds. The summed E-state index contributed by atoms with van der Waals surface area (Å²) in [5.74, 6) is -0.473. The van der Waals surface area contributed by atoms with Crippen molar-refractivity contribution in [2.75, 3.05) is 6.61 Å². The first-order valence-corrected chi connectivity index (χ1v) is 6.45. The third-order valence-corrected chi connectivity index (χ3v) is 3.85. The van der Waals surface area contributed by atoms with Gasteiger partial charge >= 0.3 is 5.97 Å². The van der Waals surface area contributed by atoms with Gasteiger partial charge in [-0.3, -0.25) is 0 Å². The Balaban J connectivity index is 1.97. The van der Waals surface area contributed by atoms with Crippen LogP contribution in [0.15, 0.2) is 24.5 Å². The molecule has 0 spiro atoms. The van der Waals surface area contributed by atoms with Crippen molar-refractivity contribution in [1.29, 1.82) is 0 Å². The second-order valence-electron chi connectivity index (χ2n) is 5.00. The summed E-state index contributed by atoms with van der Waals surface area (Å²) >= 11 is 0. The third-order valence-electron chi connectivity index (χ3n) is 3.85. The van der Waals surface area contributed by atoms with Gasteiger partial charge in [-0.1, -0.05) is 6.07 Å². The van der Waals surface area contributed by atoms with Crippen LogP contribution in [0.1, 0.15) is 23.7 Å². The zero-order valence-corrected chi connectivity index (χ0v) is 10.7. The van der Waals surface area contributed by atoms with Crippen LogP contribution < -0.4 is 0 Å². The topological polar surface area (TPSA) is 64.4 Å². The van der Waals surface area contributed by atoms with Crippen molar-refractivity contribution in [2.45, 2.75) is 26.0 Å². The number of nitrogens with zero attached hydrogens (tertiary/aromatic N) is 2. The highest BCUT2D eigenvalue weighted by Gasteiger charge is 2.25. The van der Waals surface area contributed by atoms with Gasteiger partial charge in [0.25, 0.3) is 0 Å². The number of imidazole rings is 1. The number of fused-ring (bicyclic) bond motifs is 1. The average molecular weight is 260 g/mol. The Labute approximate surface area is 110 Å². The van der Waals surface area contributed by atoms with Gasteiger partial charge in [-0.05, 0) is 25.5 Å². The van der Waals surface area contributed by atoms with E-state index in [0.29, 0.717) is 11.4 Å². The number of carboxylic acids is 1. The predicted octanol–water partition coefficient (Wildman–Crippen LogP) is 2.16. The zero-order valence-electron chi connectivity index (χ0n) is 10.7. The van der Waals surface area contributed by atoms with Gasteiger partial charge in [-0.2, -0.15) is 0 Å². The van der Waals surface area contributed by atoms with E-state index in [2.05, 4.69) is 11.9 Å². The Morgan fingerprint density at radius 3 is 3.11 bits per heavy atom. The van der Waals surface area contributed by atoms with E-state index in [1.807, 2.05) is 10.6 Å². The molecule has 2 heterocycles. The molecule has 0 radical (unpaired) electrons. The SMILES string of the molecule is CC1OCCC1Cn1cnc2c(C(=O)O)cccc21. The molecular formula is C14H16N2O3. The van der Waals surface area contributed by atoms with Crippen molar-refractivity contribution in [3.8, 4) is 0 Å². The summed E-state index contributed by atoms with van der Waals surface area (Å²) in [4.78, 5) is 15.4. The van der Waals surface area contributed by atoms with Gasteiger partial charge in [0.05, 0.1) is 23.5 Å². The molecule has 3 rings (SSSR count). The smallest absolute Gasteiger partial charge is 0.337 e. The van der Waals surface area contributed by atoms with E-state index in [1.54, 1.807) is 18.5 Å². The molecule has 1 N–H and O–H groups in total. The van der Waals surface area contributed by atoms with Gasteiger partial charge in [0.15, 0.2) is 0 Å². The van der Waals surface area contributed by atoms with Crippen LogP contribution in [-0.2, 0) is 11.3 Å². The number of hydrogen-bond donors (Lipinski definition) is 1. The molecule has 1 aromatic heterocycles. The Kier molecular flexibility index (Phi) is 2.98. The van der Waals surface area contributed by atoms with Gasteiger partial charge in [0.1, 0.15) is 5.52 Å². The van der Waals surface area contributed by atoms with E-state index in [-0.39, 0.29) is 11.7 Å². The van der Waals surface area contributed by atoms with Gasteiger partial charge in [-0.25, -0.2) is 9.78 Å². The van der Waals surface area contributed by atoms with Crippen LogP contribution in [0.3, 0.4) is 0 Å². The summed E-state index contributed by atoms with van der Waals surface area (Å²) in [7, 11) is 0. The maximum absolute atomic E-state index is 11.2. The monoisotopic (exact) mass is 260 g/mol. The van der Waals surface area contributed by atoms with Gasteiger partial charge in [-0.15, -0.1) is 0 Å². The van der Waals surface area contributed by atoms with Crippen LogP contribution in [-0.4, -0.2) is 33.3 Å². The van der Waals surface area contributed by atoms with Crippen LogP contribution in [0.2, 0.25) is 0 Å². The highest BCUT2D eigenvalue weighted by molar-refractivity contribution is 6.00. The van der Waals surface area contributed by atoms with Crippen molar-refractivity contribution in [3.63, 3.8) is 0 Å². The highest BCUT2D eigenvalue weighted by Crippen LogP contribution is 2.25. The summed E-state index contributed by atoms with van der Waals surface area (Å²) in [6.07, 6.45) is 3.02. The minimum Gasteiger partial charge on any atom is -0.478 e. The van der Waals surface area contributed by atoms with Crippen LogP contribution in [0.5, 0.6) is 0 Å². The second kappa shape index (κ2) is 4.66. The highest BCUT2D eigenvalue weighted by atomic mass is 16.5. The molecule has 19 heavy (non-hydrogen) atoms. The number of rotatable bonds is 3. The van der Waals surface area contributed by atoms with Crippen molar-refractivity contribution in [3.05, 3.63) is 30.1 Å². The fraction of sp³-hybridized carbons (Fsp3) is 0.429. The van der Waals surface area contributed by atoms with Crippen LogP contribution in [0.25, 0.3) is 11.0 Å². The minimum atomic E-state index is -0.937. The summed E-state index contributed by atoms with van der Waals surface area (Å²) in [5, 5.41) is 9.15. The summed E-state index contributed by atoms with van der Waals surface area (Å²) in [6, 6.07) is 5.26. The number of aromatic nitrogens is 2. The molecule has 1 saturated heterocycles. The van der Waals surface area contributed by atoms with Crippen LogP contribution in [0, 0.1) is 5.92 Å². The lowest BCUT2D eigenvalue weighted by Gasteiger charge is -2.15. The zero-order chi connectivity index (χ0) is 13.4. The van der Waals surface area contributed by atoms with E-state index in [9.17, 15) is 4.79 Å². The number of hydrogen-bond acceptors (Lipinski definition) is 3. The third kappa shape index (κ3) is 2.10. The van der Waals surface area contributed by atoms with E-state index in [0.717, 1.165) is 25.1 Å². The minimum absolute atomic E-state index is 0.250. The molecule has 1 aromatic carbocycles. The lowest BCUT2D eigenvalue weighted by Crippen LogP contribution is -2.17. The van der Waals surface area contributed by atoms with E-state index in [1.165, 1.54) is 0 Å². The van der Waals surface area contributed by atoms with Gasteiger partial charge in [0, 0.05) is 19.1 Å². The summed E-state index contributed by atoms with van der Waals surface area (Å²) in [6.45, 7) is 3.71. The van der Waals surface area contributed by atoms with Crippen LogP contribution >= 0.6 is 0 Å². The van der Waals surface area contributed by atoms with E-state index < -0.39 is 5.97 Å². The Bertz CT molecular complexity index is 620. The average Bonchev–Trinajstić information content (AvgIpc) is 2.97. The molecule has 0 aliphatic carbocycles. The van der Waals surface area contributed by atoms with Crippen molar-refractivity contribution >= 4 is 17.0 Å². The summed E-state index contributed by atoms with van der Waals surface area (Å²) < 4.78 is 7.59. The molecule has 1 aliphatic rings. The van der Waals surface area contributed by atoms with Gasteiger partial charge in [0.2, 0.25) is 0 Å². The van der Waals surface area contributed by atoms with E-state index in [4.69, 9.17) is 9.84 Å². The van der Waals surface area contributed by atoms with Crippen LogP contribution in [0.4, 0.5) is 0 Å². The number of carbonyl (C=O) groups is 1. The van der Waals surface area contributed by atoms with Gasteiger partial charge < -0.3 is 14.4 Å². The Hall–Kier alpha value is -1.88. The second-order valence-corrected chi connectivity index (χ2v) is 5.00. The Morgan fingerprint density at radius 1 is 1.58 bits per heavy atom. The number of aromatic carboxylic acids is 1. The fourth-order valence-electron chi connectivity index (χ4n) is 2.67. The first-order chi connectivity index (χ1) is 9.16. The molecule has 1 aliphatic heterocycles. The van der Waals surface area contributed by atoms with Crippen molar-refractivity contribution in [1.82, 2.24) is 9.55 Å². The quantitative estimate of drug-likeness (QED) is 0.918. The van der Waals surface area contributed by atoms with Crippen molar-refractivity contribution < 1.29 is 14.6 Å². The predicted molar refractivity (Wildman–Crippen MR) is 70.2 cm³/mol. The molecule has 2 atom stereocenters. The Morgan fingerprint density at radius 2 is 2.42 bits per heavy atom. The molecule has 5 heteroatoms. The standard InChI is InChI=1S/C14H16N2O3/c1-9-10(5-6-19-9)7-16-8-15-13-11(14(17)18)3-2-4-12(13)16/h2-4,8-10H,5-7H2,1H3,(H,17,18). The number of benzene rings is 1. The molecule has 2 aromatic rings. The molecule has 100 valence electrons. The van der Waals surface area contributed by atoms with Crippen molar-refractivity contribution in [2.24, 2.45) is 5.92 Å². The first-order valence-electron chi connectivity index (χ1n) is 6.45. The normalized spacial score (nSPS) is 23.0. The first kappa shape index (κ1) is 12.2. The molecule has 5 nitrogen and oxygen atoms in total. The summed E-state index contributed by atoms with van der Waals surface area (Å²) in [5.41, 5.74) is 1.69. The molecule has 2 unspecified atom stereocenters. The molecule has 0 bridgehead atoms. The number of carboxylic acid groups (broad SMARTS) is 1. The number of para-hydroxylation sites is 1. The molecular weight excluding hydrogens is 244 g/mol. The fourth-order valence-corrected chi connectivity index (χ4v) is 2.67. The lowest BCUT2D eigenvalue weighted by molar-refractivity contribution is 0.0699. The number of ether oxygens (including phenoxy) is 1. The molecule has 1 fully saturated rings. The lowest BCUT2D eigenvalue weighted by atomic mass is 10.0. The molecule has 0 saturated carbocycles. The largest absolute Gasteiger partial charge is 0.478 e. The maximum Gasteiger partial charge on any atom is 0.337 e. The van der Waals surface area contributed by atoms with E-state index >= 15 is 0 Å².